The minimum absolute atomic E-state index is 0.101. The largest absolute Gasteiger partial charge is 0.545 e. The zero-order chi connectivity index (χ0) is 15.4. The fourth-order valence-corrected chi connectivity index (χ4v) is 2.43. The lowest BCUT2D eigenvalue weighted by Gasteiger charge is -2.06. The molecule has 0 aliphatic heterocycles. The minimum atomic E-state index is -1.23. The molecule has 0 radical (unpaired) electrons. The average molecular weight is 343 g/mol. The van der Waals surface area contributed by atoms with Gasteiger partial charge in [0.2, 0.25) is 0 Å². The van der Waals surface area contributed by atoms with E-state index in [1.165, 1.54) is 18.3 Å². The van der Waals surface area contributed by atoms with Crippen molar-refractivity contribution in [1.82, 2.24) is 0 Å². The number of hydrogen-bond acceptors (Lipinski definition) is 4. The lowest BCUT2D eigenvalue weighted by Crippen LogP contribution is -2.21. The van der Waals surface area contributed by atoms with Gasteiger partial charge in [0.1, 0.15) is 0 Å². The third-order valence-corrected chi connectivity index (χ3v) is 3.36. The van der Waals surface area contributed by atoms with E-state index in [1.807, 2.05) is 0 Å². The number of hydrazone groups is 1. The molecule has 21 heavy (non-hydrogen) atoms. The van der Waals surface area contributed by atoms with Crippen molar-refractivity contribution in [1.29, 1.82) is 0 Å². The van der Waals surface area contributed by atoms with Crippen LogP contribution in [0.5, 0.6) is 0 Å². The predicted octanol–water partition coefficient (Wildman–Crippen LogP) is 3.46. The van der Waals surface area contributed by atoms with Crippen LogP contribution in [-0.2, 0) is 0 Å². The van der Waals surface area contributed by atoms with E-state index in [0.29, 0.717) is 26.3 Å². The Balaban J connectivity index is 2.11. The number of carboxylic acid groups (broad SMARTS) is 1. The Hall–Kier alpha value is -1.75. The Bertz CT molecular complexity index is 677. The molecule has 0 unspecified atom stereocenters. The summed E-state index contributed by atoms with van der Waals surface area (Å²) >= 11 is 17.8. The van der Waals surface area contributed by atoms with Crippen molar-refractivity contribution in [3.05, 3.63) is 62.6 Å². The van der Waals surface area contributed by atoms with Gasteiger partial charge in [-0.2, -0.15) is 5.10 Å². The van der Waals surface area contributed by atoms with Gasteiger partial charge in [0.25, 0.3) is 0 Å². The van der Waals surface area contributed by atoms with E-state index >= 15 is 0 Å². The Morgan fingerprint density at radius 3 is 2.19 bits per heavy atom. The van der Waals surface area contributed by atoms with Crippen LogP contribution in [0.1, 0.15) is 15.9 Å². The minimum Gasteiger partial charge on any atom is -0.545 e. The number of benzene rings is 2. The fourth-order valence-electron chi connectivity index (χ4n) is 1.53. The summed E-state index contributed by atoms with van der Waals surface area (Å²) in [6.07, 6.45) is 1.50. The molecule has 0 saturated heterocycles. The van der Waals surface area contributed by atoms with Gasteiger partial charge in [-0.25, -0.2) is 0 Å². The Morgan fingerprint density at radius 1 is 1.10 bits per heavy atom. The van der Waals surface area contributed by atoms with E-state index in [9.17, 15) is 9.90 Å². The predicted molar refractivity (Wildman–Crippen MR) is 83.5 cm³/mol. The summed E-state index contributed by atoms with van der Waals surface area (Å²) in [6, 6.07) is 9.14. The molecular formula is C14H8Cl3N2O2-. The van der Waals surface area contributed by atoms with Crippen LogP contribution in [0.25, 0.3) is 0 Å². The topological polar surface area (TPSA) is 64.5 Å². The molecule has 0 saturated carbocycles. The number of carboxylic acids is 1. The van der Waals surface area contributed by atoms with E-state index in [-0.39, 0.29) is 5.56 Å². The first-order valence-corrected chi connectivity index (χ1v) is 6.86. The molecule has 0 fully saturated rings. The molecule has 7 heteroatoms. The molecule has 108 valence electrons. The standard InChI is InChI=1S/C14H9Cl3N2O2/c15-10-5-11(16)13(12(17)6-10)19-18-7-8-1-3-9(4-2-8)14(20)21/h1-7,19H,(H,20,21)/p-1/b18-7-. The molecule has 0 bridgehead atoms. The molecule has 0 aliphatic rings. The first-order chi connectivity index (χ1) is 9.97. The molecule has 2 aromatic carbocycles. The Labute approximate surface area is 135 Å². The molecule has 0 spiro atoms. The second-order valence-electron chi connectivity index (χ2n) is 4.02. The Morgan fingerprint density at radius 2 is 1.67 bits per heavy atom. The van der Waals surface area contributed by atoms with Crippen molar-refractivity contribution in [3.8, 4) is 0 Å². The molecule has 0 aromatic heterocycles. The highest BCUT2D eigenvalue weighted by atomic mass is 35.5. The van der Waals surface area contributed by atoms with Gasteiger partial charge in [0, 0.05) is 5.02 Å². The average Bonchev–Trinajstić information content (AvgIpc) is 2.42. The highest BCUT2D eigenvalue weighted by Gasteiger charge is 2.06. The number of carbonyl (C=O) groups is 1. The zero-order valence-corrected chi connectivity index (χ0v) is 12.7. The van der Waals surface area contributed by atoms with Crippen LogP contribution in [0, 0.1) is 0 Å². The van der Waals surface area contributed by atoms with E-state index in [2.05, 4.69) is 10.5 Å². The van der Waals surface area contributed by atoms with Gasteiger partial charge in [-0.15, -0.1) is 0 Å². The monoisotopic (exact) mass is 341 g/mol. The first kappa shape index (κ1) is 15.6. The highest BCUT2D eigenvalue weighted by Crippen LogP contribution is 2.33. The summed E-state index contributed by atoms with van der Waals surface area (Å²) in [4.78, 5) is 10.6. The summed E-state index contributed by atoms with van der Waals surface area (Å²) in [5, 5.41) is 15.7. The van der Waals surface area contributed by atoms with Crippen LogP contribution in [0.2, 0.25) is 15.1 Å². The summed E-state index contributed by atoms with van der Waals surface area (Å²) in [5.74, 6) is -1.23. The second kappa shape index (κ2) is 6.80. The fraction of sp³-hybridized carbons (Fsp3) is 0. The normalized spacial score (nSPS) is 10.8. The van der Waals surface area contributed by atoms with Gasteiger partial charge in [-0.05, 0) is 23.3 Å². The molecule has 1 N–H and O–H groups in total. The zero-order valence-electron chi connectivity index (χ0n) is 10.4. The molecule has 0 amide bonds. The third-order valence-electron chi connectivity index (χ3n) is 2.54. The van der Waals surface area contributed by atoms with Crippen LogP contribution in [-0.4, -0.2) is 12.2 Å². The summed E-state index contributed by atoms with van der Waals surface area (Å²) in [5.41, 5.74) is 3.95. The first-order valence-electron chi connectivity index (χ1n) is 5.72. The molecule has 0 aliphatic carbocycles. The van der Waals surface area contributed by atoms with Crippen molar-refractivity contribution in [2.45, 2.75) is 0 Å². The quantitative estimate of drug-likeness (QED) is 0.683. The maximum absolute atomic E-state index is 10.6. The Kier molecular flexibility index (Phi) is 5.07. The number of carbonyl (C=O) groups excluding carboxylic acids is 1. The lowest BCUT2D eigenvalue weighted by molar-refractivity contribution is -0.255. The number of nitrogens with zero attached hydrogens (tertiary/aromatic N) is 1. The van der Waals surface area contributed by atoms with E-state index in [0.717, 1.165) is 0 Å². The second-order valence-corrected chi connectivity index (χ2v) is 5.27. The number of halogens is 3. The van der Waals surface area contributed by atoms with Crippen molar-refractivity contribution < 1.29 is 9.90 Å². The van der Waals surface area contributed by atoms with Crippen LogP contribution in [0.3, 0.4) is 0 Å². The molecule has 2 rings (SSSR count). The molecule has 2 aromatic rings. The van der Waals surface area contributed by atoms with Gasteiger partial charge in [0.15, 0.2) is 0 Å². The smallest absolute Gasteiger partial charge is 0.0935 e. The number of hydrogen-bond donors (Lipinski definition) is 1. The number of nitrogens with one attached hydrogen (secondary N) is 1. The van der Waals surface area contributed by atoms with Crippen molar-refractivity contribution in [2.24, 2.45) is 5.10 Å². The maximum atomic E-state index is 10.6. The van der Waals surface area contributed by atoms with E-state index in [1.54, 1.807) is 24.3 Å². The van der Waals surface area contributed by atoms with Gasteiger partial charge in [-0.1, -0.05) is 59.1 Å². The molecular weight excluding hydrogens is 335 g/mol. The van der Waals surface area contributed by atoms with Gasteiger partial charge in [-0.3, -0.25) is 5.43 Å². The number of anilines is 1. The van der Waals surface area contributed by atoms with Crippen LogP contribution < -0.4 is 10.5 Å². The SMILES string of the molecule is O=C([O-])c1ccc(/C=N\Nc2c(Cl)cc(Cl)cc2Cl)cc1. The van der Waals surface area contributed by atoms with Gasteiger partial charge < -0.3 is 9.90 Å². The summed E-state index contributed by atoms with van der Waals surface area (Å²) < 4.78 is 0. The summed E-state index contributed by atoms with van der Waals surface area (Å²) in [7, 11) is 0. The number of rotatable bonds is 4. The van der Waals surface area contributed by atoms with Gasteiger partial charge in [0.05, 0.1) is 27.9 Å². The number of aromatic carboxylic acids is 1. The van der Waals surface area contributed by atoms with Crippen molar-refractivity contribution in [2.75, 3.05) is 5.43 Å². The van der Waals surface area contributed by atoms with Crippen molar-refractivity contribution >= 4 is 52.7 Å². The van der Waals surface area contributed by atoms with Crippen LogP contribution >= 0.6 is 34.8 Å². The van der Waals surface area contributed by atoms with Crippen LogP contribution in [0.4, 0.5) is 5.69 Å². The molecule has 0 atom stereocenters. The molecule has 4 nitrogen and oxygen atoms in total. The van der Waals surface area contributed by atoms with E-state index < -0.39 is 5.97 Å². The van der Waals surface area contributed by atoms with Crippen molar-refractivity contribution in [3.63, 3.8) is 0 Å². The third kappa shape index (κ3) is 4.11. The van der Waals surface area contributed by atoms with Crippen LogP contribution in [0.15, 0.2) is 41.5 Å². The summed E-state index contributed by atoms with van der Waals surface area (Å²) in [6.45, 7) is 0. The lowest BCUT2D eigenvalue weighted by atomic mass is 10.1. The molecule has 0 heterocycles. The maximum Gasteiger partial charge on any atom is 0.0935 e. The van der Waals surface area contributed by atoms with Gasteiger partial charge >= 0.3 is 0 Å². The van der Waals surface area contributed by atoms with E-state index in [4.69, 9.17) is 34.8 Å². The highest BCUT2D eigenvalue weighted by molar-refractivity contribution is 6.41.